The number of nitrogen functional groups attached to an aromatic ring is 1. The van der Waals surface area contributed by atoms with Crippen molar-refractivity contribution in [2.75, 3.05) is 12.8 Å². The third-order valence-electron chi connectivity index (χ3n) is 2.89. The Bertz CT molecular complexity index is 483. The predicted molar refractivity (Wildman–Crippen MR) is 62.6 cm³/mol. The van der Waals surface area contributed by atoms with Gasteiger partial charge in [0.2, 0.25) is 0 Å². The van der Waals surface area contributed by atoms with Crippen molar-refractivity contribution < 1.29 is 9.72 Å². The number of amides is 1. The second-order valence-electron chi connectivity index (χ2n) is 4.18. The molecule has 1 aliphatic carbocycles. The van der Waals surface area contributed by atoms with Gasteiger partial charge in [-0.25, -0.2) is 0 Å². The summed E-state index contributed by atoms with van der Waals surface area (Å²) in [7, 11) is 1.73. The maximum atomic E-state index is 12.0. The average molecular weight is 235 g/mol. The molecule has 1 aromatic rings. The van der Waals surface area contributed by atoms with Crippen molar-refractivity contribution in [3.63, 3.8) is 0 Å². The Morgan fingerprint density at radius 2 is 2.18 bits per heavy atom. The van der Waals surface area contributed by atoms with Crippen LogP contribution in [0.15, 0.2) is 18.2 Å². The van der Waals surface area contributed by atoms with Crippen LogP contribution in [0.4, 0.5) is 11.4 Å². The number of hydrogen-bond acceptors (Lipinski definition) is 4. The lowest BCUT2D eigenvalue weighted by molar-refractivity contribution is -0.383. The van der Waals surface area contributed by atoms with Crippen LogP contribution in [0.2, 0.25) is 0 Å². The molecule has 1 amide bonds. The Labute approximate surface area is 98.2 Å². The van der Waals surface area contributed by atoms with Crippen LogP contribution in [0, 0.1) is 10.1 Å². The first kappa shape index (κ1) is 11.4. The molecule has 1 fully saturated rings. The van der Waals surface area contributed by atoms with Gasteiger partial charge in [-0.05, 0) is 25.0 Å². The fourth-order valence-electron chi connectivity index (χ4n) is 1.69. The molecule has 0 unspecified atom stereocenters. The van der Waals surface area contributed by atoms with Crippen molar-refractivity contribution in [3.8, 4) is 0 Å². The van der Waals surface area contributed by atoms with Gasteiger partial charge in [0.1, 0.15) is 5.69 Å². The number of nitro groups is 1. The van der Waals surface area contributed by atoms with Crippen LogP contribution < -0.4 is 5.73 Å². The first-order valence-corrected chi connectivity index (χ1v) is 5.32. The summed E-state index contributed by atoms with van der Waals surface area (Å²) in [6.45, 7) is 0. The van der Waals surface area contributed by atoms with Crippen LogP contribution >= 0.6 is 0 Å². The van der Waals surface area contributed by atoms with Gasteiger partial charge in [-0.2, -0.15) is 0 Å². The number of benzene rings is 1. The second kappa shape index (κ2) is 4.04. The molecule has 1 aromatic carbocycles. The SMILES string of the molecule is CN(C(=O)c1ccc([N+](=O)[O-])c(N)c1)C1CC1. The standard InChI is InChI=1S/C11H13N3O3/c1-13(8-3-4-8)11(15)7-2-5-10(14(16)17)9(12)6-7/h2,5-6,8H,3-4,12H2,1H3. The van der Waals surface area contributed by atoms with Gasteiger partial charge in [-0.15, -0.1) is 0 Å². The molecule has 0 atom stereocenters. The summed E-state index contributed by atoms with van der Waals surface area (Å²) in [6, 6.07) is 4.37. The molecule has 2 N–H and O–H groups in total. The first-order valence-electron chi connectivity index (χ1n) is 5.32. The highest BCUT2D eigenvalue weighted by molar-refractivity contribution is 5.96. The van der Waals surface area contributed by atoms with Crippen LogP contribution in [0.1, 0.15) is 23.2 Å². The van der Waals surface area contributed by atoms with Crippen molar-refractivity contribution in [2.45, 2.75) is 18.9 Å². The van der Waals surface area contributed by atoms with Crippen LogP contribution in [0.25, 0.3) is 0 Å². The van der Waals surface area contributed by atoms with Crippen molar-refractivity contribution in [1.29, 1.82) is 0 Å². The number of hydrogen-bond donors (Lipinski definition) is 1. The highest BCUT2D eigenvalue weighted by atomic mass is 16.6. The Morgan fingerprint density at radius 1 is 1.53 bits per heavy atom. The molecule has 6 nitrogen and oxygen atoms in total. The van der Waals surface area contributed by atoms with Crippen molar-refractivity contribution in [3.05, 3.63) is 33.9 Å². The van der Waals surface area contributed by atoms with E-state index in [2.05, 4.69) is 0 Å². The molecular formula is C11H13N3O3. The molecule has 1 saturated carbocycles. The number of carbonyl (C=O) groups is 1. The lowest BCUT2D eigenvalue weighted by Gasteiger charge is -2.16. The maximum absolute atomic E-state index is 12.0. The van der Waals surface area contributed by atoms with Crippen LogP contribution in [-0.2, 0) is 0 Å². The average Bonchev–Trinajstić information content (AvgIpc) is 3.10. The molecule has 0 aromatic heterocycles. The lowest BCUT2D eigenvalue weighted by Crippen LogP contribution is -2.28. The number of nitro benzene ring substituents is 1. The van der Waals surface area contributed by atoms with E-state index in [-0.39, 0.29) is 17.3 Å². The van der Waals surface area contributed by atoms with E-state index in [4.69, 9.17) is 5.73 Å². The molecule has 0 spiro atoms. The largest absolute Gasteiger partial charge is 0.393 e. The fourth-order valence-corrected chi connectivity index (χ4v) is 1.69. The predicted octanol–water partition coefficient (Wildman–Crippen LogP) is 1.41. The summed E-state index contributed by atoms with van der Waals surface area (Å²) in [5, 5.41) is 10.6. The molecule has 2 rings (SSSR count). The zero-order valence-electron chi connectivity index (χ0n) is 9.42. The van der Waals surface area contributed by atoms with Gasteiger partial charge in [0.25, 0.3) is 11.6 Å². The van der Waals surface area contributed by atoms with Gasteiger partial charge >= 0.3 is 0 Å². The van der Waals surface area contributed by atoms with Gasteiger partial charge in [0.15, 0.2) is 0 Å². The van der Waals surface area contributed by atoms with E-state index < -0.39 is 4.92 Å². The van der Waals surface area contributed by atoms with Crippen molar-refractivity contribution in [2.24, 2.45) is 0 Å². The third-order valence-corrected chi connectivity index (χ3v) is 2.89. The molecule has 0 bridgehead atoms. The topological polar surface area (TPSA) is 89.5 Å². The monoisotopic (exact) mass is 235 g/mol. The molecule has 0 heterocycles. The van der Waals surface area contributed by atoms with Gasteiger partial charge in [-0.3, -0.25) is 14.9 Å². The van der Waals surface area contributed by atoms with Crippen molar-refractivity contribution >= 4 is 17.3 Å². The molecule has 17 heavy (non-hydrogen) atoms. The molecule has 90 valence electrons. The highest BCUT2D eigenvalue weighted by Gasteiger charge is 2.30. The van der Waals surface area contributed by atoms with E-state index in [1.807, 2.05) is 0 Å². The van der Waals surface area contributed by atoms with E-state index in [0.717, 1.165) is 12.8 Å². The Morgan fingerprint density at radius 3 is 2.65 bits per heavy atom. The summed E-state index contributed by atoms with van der Waals surface area (Å²) in [5.41, 5.74) is 5.78. The Balaban J connectivity index is 2.24. The quantitative estimate of drug-likeness (QED) is 0.487. The molecule has 6 heteroatoms. The van der Waals surface area contributed by atoms with Crippen molar-refractivity contribution in [1.82, 2.24) is 4.90 Å². The number of rotatable bonds is 3. The van der Waals surface area contributed by atoms with Gasteiger partial charge in [-0.1, -0.05) is 0 Å². The maximum Gasteiger partial charge on any atom is 0.292 e. The number of carbonyl (C=O) groups excluding carboxylic acids is 1. The zero-order valence-corrected chi connectivity index (χ0v) is 9.42. The van der Waals surface area contributed by atoms with Gasteiger partial charge in [0, 0.05) is 24.7 Å². The third kappa shape index (κ3) is 2.20. The number of nitrogens with two attached hydrogens (primary N) is 1. The van der Waals surface area contributed by atoms with Gasteiger partial charge < -0.3 is 10.6 Å². The molecule has 0 aliphatic heterocycles. The smallest absolute Gasteiger partial charge is 0.292 e. The lowest BCUT2D eigenvalue weighted by atomic mass is 10.1. The number of nitrogens with zero attached hydrogens (tertiary/aromatic N) is 2. The van der Waals surface area contributed by atoms with E-state index in [1.165, 1.54) is 18.2 Å². The Hall–Kier alpha value is -2.11. The Kier molecular flexibility index (Phi) is 2.71. The molecular weight excluding hydrogens is 222 g/mol. The minimum Gasteiger partial charge on any atom is -0.393 e. The summed E-state index contributed by atoms with van der Waals surface area (Å²) < 4.78 is 0. The summed E-state index contributed by atoms with van der Waals surface area (Å²) in [6.07, 6.45) is 2.04. The zero-order chi connectivity index (χ0) is 12.6. The van der Waals surface area contributed by atoms with Crippen LogP contribution in [0.3, 0.4) is 0 Å². The fraction of sp³-hybridized carbons (Fsp3) is 0.364. The molecule has 1 aliphatic rings. The number of anilines is 1. The normalized spacial score (nSPS) is 14.4. The van der Waals surface area contributed by atoms with Gasteiger partial charge in [0.05, 0.1) is 4.92 Å². The summed E-state index contributed by atoms with van der Waals surface area (Å²) in [5.74, 6) is -0.144. The van der Waals surface area contributed by atoms with E-state index in [0.29, 0.717) is 11.6 Å². The second-order valence-corrected chi connectivity index (χ2v) is 4.18. The summed E-state index contributed by atoms with van der Waals surface area (Å²) >= 11 is 0. The van der Waals surface area contributed by atoms with Crippen LogP contribution in [-0.4, -0.2) is 28.8 Å². The molecule has 0 radical (unpaired) electrons. The van der Waals surface area contributed by atoms with E-state index in [9.17, 15) is 14.9 Å². The van der Waals surface area contributed by atoms with E-state index >= 15 is 0 Å². The minimum absolute atomic E-state index is 0.0186. The minimum atomic E-state index is -0.561. The highest BCUT2D eigenvalue weighted by Crippen LogP contribution is 2.28. The van der Waals surface area contributed by atoms with Crippen LogP contribution in [0.5, 0.6) is 0 Å². The molecule has 0 saturated heterocycles. The van der Waals surface area contributed by atoms with E-state index in [1.54, 1.807) is 11.9 Å². The first-order chi connectivity index (χ1) is 8.00. The summed E-state index contributed by atoms with van der Waals surface area (Å²) in [4.78, 5) is 23.6.